The van der Waals surface area contributed by atoms with Crippen LogP contribution in [0.2, 0.25) is 0 Å². The van der Waals surface area contributed by atoms with Crippen LogP contribution in [-0.4, -0.2) is 37.6 Å². The van der Waals surface area contributed by atoms with Crippen LogP contribution in [0, 0.1) is 13.8 Å². The first-order valence-electron chi connectivity index (χ1n) is 7.00. The van der Waals surface area contributed by atoms with Gasteiger partial charge in [0.1, 0.15) is 5.75 Å². The fourth-order valence-electron chi connectivity index (χ4n) is 2.10. The first-order valence-corrected chi connectivity index (χ1v) is 7.00. The molecule has 1 N–H and O–H groups in total. The molecule has 4 heteroatoms. The van der Waals surface area contributed by atoms with E-state index in [1.165, 1.54) is 5.56 Å². The molecule has 4 nitrogen and oxygen atoms in total. The Labute approximate surface area is 122 Å². The summed E-state index contributed by atoms with van der Waals surface area (Å²) in [5.41, 5.74) is 3.35. The normalized spacial score (nSPS) is 10.8. The van der Waals surface area contributed by atoms with E-state index < -0.39 is 0 Å². The summed E-state index contributed by atoms with van der Waals surface area (Å²) in [6, 6.07) is 4.37. The van der Waals surface area contributed by atoms with Crippen LogP contribution in [0.3, 0.4) is 0 Å². The zero-order valence-corrected chi connectivity index (χ0v) is 13.4. The zero-order chi connectivity index (χ0) is 15.3. The van der Waals surface area contributed by atoms with Crippen LogP contribution in [0.25, 0.3) is 0 Å². The van der Waals surface area contributed by atoms with Gasteiger partial charge in [0.25, 0.3) is 5.91 Å². The second-order valence-electron chi connectivity index (χ2n) is 5.48. The van der Waals surface area contributed by atoms with Crippen LogP contribution >= 0.6 is 0 Å². The Morgan fingerprint density at radius 2 is 1.85 bits per heavy atom. The van der Waals surface area contributed by atoms with Gasteiger partial charge in [-0.1, -0.05) is 12.1 Å². The number of hydrogen-bond acceptors (Lipinski definition) is 3. The Kier molecular flexibility index (Phi) is 6.02. The van der Waals surface area contributed by atoms with Crippen molar-refractivity contribution in [2.75, 3.05) is 20.7 Å². The van der Waals surface area contributed by atoms with E-state index in [1.807, 2.05) is 34.7 Å². The van der Waals surface area contributed by atoms with Crippen LogP contribution in [0.15, 0.2) is 12.1 Å². The summed E-state index contributed by atoms with van der Waals surface area (Å²) < 4.78 is 5.72. The molecule has 0 aromatic heterocycles. The highest BCUT2D eigenvalue weighted by Gasteiger charge is 2.14. The monoisotopic (exact) mass is 278 g/mol. The standard InChI is InChI=1S/C16H26N2O2/c1-11(2)18(6)15(19)10-20-16-12(3)7-14(9-17-5)8-13(16)4/h7-8,11,17H,9-10H2,1-6H3. The number of amides is 1. The molecule has 1 amide bonds. The average molecular weight is 278 g/mol. The summed E-state index contributed by atoms with van der Waals surface area (Å²) in [5, 5.41) is 3.13. The molecule has 0 unspecified atom stereocenters. The molecule has 0 spiro atoms. The van der Waals surface area contributed by atoms with E-state index in [1.54, 1.807) is 11.9 Å². The van der Waals surface area contributed by atoms with Crippen LogP contribution in [0.1, 0.15) is 30.5 Å². The first-order chi connectivity index (χ1) is 9.36. The predicted octanol–water partition coefficient (Wildman–Crippen LogP) is 2.27. The SMILES string of the molecule is CNCc1cc(C)c(OCC(=O)N(C)C(C)C)c(C)c1. The number of aryl methyl sites for hydroxylation is 2. The van der Waals surface area contributed by atoms with Crippen molar-refractivity contribution < 1.29 is 9.53 Å². The summed E-state index contributed by atoms with van der Waals surface area (Å²) >= 11 is 0. The lowest BCUT2D eigenvalue weighted by Crippen LogP contribution is -2.36. The minimum absolute atomic E-state index is 0.00176. The topological polar surface area (TPSA) is 41.6 Å². The minimum Gasteiger partial charge on any atom is -0.483 e. The van der Waals surface area contributed by atoms with Gasteiger partial charge < -0.3 is 15.0 Å². The van der Waals surface area contributed by atoms with E-state index in [4.69, 9.17) is 4.74 Å². The van der Waals surface area contributed by atoms with E-state index in [-0.39, 0.29) is 18.6 Å². The van der Waals surface area contributed by atoms with E-state index in [2.05, 4.69) is 17.4 Å². The lowest BCUT2D eigenvalue weighted by molar-refractivity contribution is -0.133. The van der Waals surface area contributed by atoms with Crippen molar-refractivity contribution in [2.45, 2.75) is 40.3 Å². The van der Waals surface area contributed by atoms with Crippen molar-refractivity contribution in [1.29, 1.82) is 0 Å². The van der Waals surface area contributed by atoms with Gasteiger partial charge in [0, 0.05) is 19.6 Å². The summed E-state index contributed by atoms with van der Waals surface area (Å²) in [7, 11) is 3.72. The molecule has 0 bridgehead atoms. The first kappa shape index (κ1) is 16.5. The number of hydrogen-bond donors (Lipinski definition) is 1. The van der Waals surface area contributed by atoms with Crippen LogP contribution in [0.5, 0.6) is 5.75 Å². The number of rotatable bonds is 6. The number of carbonyl (C=O) groups excluding carboxylic acids is 1. The van der Waals surface area contributed by atoms with Gasteiger partial charge in [0.05, 0.1) is 0 Å². The molecule has 0 aliphatic carbocycles. The second-order valence-corrected chi connectivity index (χ2v) is 5.48. The van der Waals surface area contributed by atoms with Crippen molar-refractivity contribution in [3.8, 4) is 5.75 Å². The number of likely N-dealkylation sites (N-methyl/N-ethyl adjacent to an activating group) is 1. The predicted molar refractivity (Wildman–Crippen MR) is 82.1 cm³/mol. The molecule has 0 aliphatic rings. The maximum Gasteiger partial charge on any atom is 0.260 e. The lowest BCUT2D eigenvalue weighted by atomic mass is 10.1. The van der Waals surface area contributed by atoms with Gasteiger partial charge in [-0.3, -0.25) is 4.79 Å². The Bertz CT molecular complexity index is 447. The van der Waals surface area contributed by atoms with Gasteiger partial charge in [0.15, 0.2) is 6.61 Å². The molecule has 0 saturated heterocycles. The van der Waals surface area contributed by atoms with E-state index in [9.17, 15) is 4.79 Å². The molecule has 0 heterocycles. The molecule has 0 atom stereocenters. The molecule has 0 radical (unpaired) electrons. The highest BCUT2D eigenvalue weighted by molar-refractivity contribution is 5.77. The summed E-state index contributed by atoms with van der Waals surface area (Å²) in [6.45, 7) is 8.91. The molecule has 112 valence electrons. The Morgan fingerprint density at radius 3 is 2.30 bits per heavy atom. The van der Waals surface area contributed by atoms with Crippen molar-refractivity contribution >= 4 is 5.91 Å². The third kappa shape index (κ3) is 4.23. The van der Waals surface area contributed by atoms with Crippen LogP contribution < -0.4 is 10.1 Å². The Balaban J connectivity index is 2.76. The zero-order valence-electron chi connectivity index (χ0n) is 13.4. The fourth-order valence-corrected chi connectivity index (χ4v) is 2.10. The minimum atomic E-state index is -0.00176. The third-order valence-corrected chi connectivity index (χ3v) is 3.41. The summed E-state index contributed by atoms with van der Waals surface area (Å²) in [6.07, 6.45) is 0. The largest absolute Gasteiger partial charge is 0.483 e. The van der Waals surface area contributed by atoms with E-state index in [0.717, 1.165) is 23.4 Å². The number of nitrogens with one attached hydrogen (secondary N) is 1. The third-order valence-electron chi connectivity index (χ3n) is 3.41. The molecule has 0 fully saturated rings. The Hall–Kier alpha value is -1.55. The molecular weight excluding hydrogens is 252 g/mol. The smallest absolute Gasteiger partial charge is 0.260 e. The van der Waals surface area contributed by atoms with Gasteiger partial charge >= 0.3 is 0 Å². The van der Waals surface area contributed by atoms with Gasteiger partial charge in [-0.05, 0) is 51.4 Å². The molecule has 0 aliphatic heterocycles. The number of carbonyl (C=O) groups is 1. The van der Waals surface area contributed by atoms with Crippen molar-refractivity contribution in [3.05, 3.63) is 28.8 Å². The summed E-state index contributed by atoms with van der Waals surface area (Å²) in [4.78, 5) is 13.6. The molecule has 1 rings (SSSR count). The van der Waals surface area contributed by atoms with Gasteiger partial charge in [-0.25, -0.2) is 0 Å². The highest BCUT2D eigenvalue weighted by Crippen LogP contribution is 2.24. The van der Waals surface area contributed by atoms with Crippen molar-refractivity contribution in [2.24, 2.45) is 0 Å². The number of nitrogens with zero attached hydrogens (tertiary/aromatic N) is 1. The Morgan fingerprint density at radius 1 is 1.30 bits per heavy atom. The van der Waals surface area contributed by atoms with Crippen molar-refractivity contribution in [1.82, 2.24) is 10.2 Å². The molecule has 0 saturated carbocycles. The molecule has 1 aromatic carbocycles. The quantitative estimate of drug-likeness (QED) is 0.868. The van der Waals surface area contributed by atoms with Gasteiger partial charge in [-0.2, -0.15) is 0 Å². The lowest BCUT2D eigenvalue weighted by Gasteiger charge is -2.22. The maximum absolute atomic E-state index is 11.9. The molecular formula is C16H26N2O2. The van der Waals surface area contributed by atoms with Crippen LogP contribution in [0.4, 0.5) is 0 Å². The van der Waals surface area contributed by atoms with E-state index >= 15 is 0 Å². The highest BCUT2D eigenvalue weighted by atomic mass is 16.5. The van der Waals surface area contributed by atoms with Crippen molar-refractivity contribution in [3.63, 3.8) is 0 Å². The van der Waals surface area contributed by atoms with Gasteiger partial charge in [-0.15, -0.1) is 0 Å². The molecule has 20 heavy (non-hydrogen) atoms. The maximum atomic E-state index is 11.9. The summed E-state index contributed by atoms with van der Waals surface area (Å²) in [5.74, 6) is 0.813. The molecule has 1 aromatic rings. The fraction of sp³-hybridized carbons (Fsp3) is 0.562. The number of ether oxygens (including phenoxy) is 1. The average Bonchev–Trinajstić information content (AvgIpc) is 2.36. The van der Waals surface area contributed by atoms with Gasteiger partial charge in [0.2, 0.25) is 0 Å². The number of benzene rings is 1. The second kappa shape index (κ2) is 7.29. The van der Waals surface area contributed by atoms with E-state index in [0.29, 0.717) is 0 Å². The van der Waals surface area contributed by atoms with Crippen LogP contribution in [-0.2, 0) is 11.3 Å².